The maximum Gasteiger partial charge on any atom is 0.135 e. The number of anilines is 2. The van der Waals surface area contributed by atoms with Gasteiger partial charge in [-0.25, -0.2) is 0 Å². The summed E-state index contributed by atoms with van der Waals surface area (Å²) in [7, 11) is 2.04. The number of aryl methyl sites for hydroxylation is 4. The molecule has 0 spiro atoms. The van der Waals surface area contributed by atoms with E-state index in [9.17, 15) is 0 Å². The van der Waals surface area contributed by atoms with Crippen LogP contribution in [0.2, 0.25) is 0 Å². The molecule has 1 aliphatic rings. The van der Waals surface area contributed by atoms with Crippen molar-refractivity contribution < 1.29 is 0 Å². The van der Waals surface area contributed by atoms with Gasteiger partial charge in [0.15, 0.2) is 0 Å². The smallest absolute Gasteiger partial charge is 0.135 e. The maximum absolute atomic E-state index is 4.59. The molecule has 0 amide bonds. The highest BCUT2D eigenvalue weighted by Gasteiger charge is 2.24. The summed E-state index contributed by atoms with van der Waals surface area (Å²) in [6.45, 7) is 5.31. The number of rotatable bonds is 2. The number of alkyl halides is 1. The Morgan fingerprint density at radius 2 is 2.10 bits per heavy atom. The van der Waals surface area contributed by atoms with E-state index in [-0.39, 0.29) is 0 Å². The monoisotopic (exact) mass is 333 g/mol. The Kier molecular flexibility index (Phi) is 3.59. The van der Waals surface area contributed by atoms with E-state index in [0.717, 1.165) is 17.6 Å². The van der Waals surface area contributed by atoms with Crippen LogP contribution in [0, 0.1) is 13.8 Å². The fourth-order valence-electron chi connectivity index (χ4n) is 3.13. The van der Waals surface area contributed by atoms with Crippen LogP contribution >= 0.6 is 15.9 Å². The van der Waals surface area contributed by atoms with Crippen LogP contribution < -0.4 is 4.90 Å². The summed E-state index contributed by atoms with van der Waals surface area (Å²) >= 11 is 3.61. The number of fused-ring (bicyclic) bond motifs is 1. The van der Waals surface area contributed by atoms with Crippen molar-refractivity contribution in [3.63, 3.8) is 0 Å². The van der Waals surface area contributed by atoms with Gasteiger partial charge in [0.05, 0.1) is 5.69 Å². The number of hydrogen-bond acceptors (Lipinski definition) is 2. The van der Waals surface area contributed by atoms with E-state index in [1.54, 1.807) is 0 Å². The molecule has 20 heavy (non-hydrogen) atoms. The molecule has 2 aromatic rings. The van der Waals surface area contributed by atoms with Gasteiger partial charge in [0, 0.05) is 30.2 Å². The minimum absolute atomic E-state index is 0.847. The Bertz CT molecular complexity index is 645. The van der Waals surface area contributed by atoms with Crippen LogP contribution in [0.25, 0.3) is 0 Å². The third kappa shape index (κ3) is 2.16. The number of halogens is 1. The minimum atomic E-state index is 0.847. The van der Waals surface area contributed by atoms with Gasteiger partial charge in [-0.1, -0.05) is 33.6 Å². The molecule has 0 saturated carbocycles. The lowest BCUT2D eigenvalue weighted by Gasteiger charge is -2.32. The average molecular weight is 334 g/mol. The van der Waals surface area contributed by atoms with Crippen LogP contribution in [-0.4, -0.2) is 16.3 Å². The SMILES string of the molecule is Cc1ccc2c(c1)CCCN2c1c(CBr)c(C)nn1C. The largest absolute Gasteiger partial charge is 0.326 e. The lowest BCUT2D eigenvalue weighted by molar-refractivity contribution is 0.702. The first-order chi connectivity index (χ1) is 9.61. The zero-order valence-electron chi connectivity index (χ0n) is 12.3. The number of benzene rings is 1. The quantitative estimate of drug-likeness (QED) is 0.774. The predicted octanol–water partition coefficient (Wildman–Crippen LogP) is 4.02. The molecule has 3 rings (SSSR count). The van der Waals surface area contributed by atoms with Crippen molar-refractivity contribution in [3.05, 3.63) is 40.6 Å². The van der Waals surface area contributed by atoms with Crippen LogP contribution in [0.4, 0.5) is 11.5 Å². The Morgan fingerprint density at radius 1 is 1.30 bits per heavy atom. The molecule has 0 unspecified atom stereocenters. The lowest BCUT2D eigenvalue weighted by Crippen LogP contribution is -2.27. The van der Waals surface area contributed by atoms with Gasteiger partial charge in [-0.2, -0.15) is 5.10 Å². The first-order valence-corrected chi connectivity index (χ1v) is 8.19. The highest BCUT2D eigenvalue weighted by Crippen LogP contribution is 2.37. The van der Waals surface area contributed by atoms with Gasteiger partial charge in [-0.05, 0) is 38.3 Å². The number of aromatic nitrogens is 2. The van der Waals surface area contributed by atoms with Crippen molar-refractivity contribution in [3.8, 4) is 0 Å². The molecule has 106 valence electrons. The summed E-state index contributed by atoms with van der Waals surface area (Å²) in [5.41, 5.74) is 6.54. The molecule has 3 nitrogen and oxygen atoms in total. The number of nitrogens with zero attached hydrogens (tertiary/aromatic N) is 3. The summed E-state index contributed by atoms with van der Waals surface area (Å²) in [4.78, 5) is 2.43. The molecule has 1 aromatic heterocycles. The van der Waals surface area contributed by atoms with Gasteiger partial charge in [0.2, 0.25) is 0 Å². The lowest BCUT2D eigenvalue weighted by atomic mass is 9.99. The third-order valence-corrected chi connectivity index (χ3v) is 4.62. The molecule has 0 aliphatic carbocycles. The summed E-state index contributed by atoms with van der Waals surface area (Å²) in [6, 6.07) is 6.77. The van der Waals surface area contributed by atoms with E-state index >= 15 is 0 Å². The van der Waals surface area contributed by atoms with Crippen LogP contribution in [0.15, 0.2) is 18.2 Å². The molecule has 0 N–H and O–H groups in total. The normalized spacial score (nSPS) is 14.5. The second-order valence-electron chi connectivity index (χ2n) is 5.53. The molecule has 2 heterocycles. The van der Waals surface area contributed by atoms with E-state index in [1.807, 2.05) is 11.7 Å². The van der Waals surface area contributed by atoms with Crippen LogP contribution in [0.1, 0.15) is 28.8 Å². The second kappa shape index (κ2) is 5.24. The molecule has 0 saturated heterocycles. The van der Waals surface area contributed by atoms with E-state index in [1.165, 1.54) is 41.0 Å². The van der Waals surface area contributed by atoms with E-state index in [4.69, 9.17) is 0 Å². The van der Waals surface area contributed by atoms with Crippen molar-refractivity contribution in [2.45, 2.75) is 32.0 Å². The molecular weight excluding hydrogens is 314 g/mol. The van der Waals surface area contributed by atoms with Gasteiger partial charge in [0.1, 0.15) is 5.82 Å². The molecule has 0 atom stereocenters. The van der Waals surface area contributed by atoms with Gasteiger partial charge in [0.25, 0.3) is 0 Å². The van der Waals surface area contributed by atoms with Gasteiger partial charge >= 0.3 is 0 Å². The Hall–Kier alpha value is -1.29. The summed E-state index contributed by atoms with van der Waals surface area (Å²) in [5, 5.41) is 5.44. The molecule has 4 heteroatoms. The maximum atomic E-state index is 4.59. The summed E-state index contributed by atoms with van der Waals surface area (Å²) in [6.07, 6.45) is 2.37. The predicted molar refractivity (Wildman–Crippen MR) is 87.1 cm³/mol. The van der Waals surface area contributed by atoms with Crippen LogP contribution in [-0.2, 0) is 18.8 Å². The van der Waals surface area contributed by atoms with E-state index in [0.29, 0.717) is 0 Å². The Balaban J connectivity index is 2.14. The van der Waals surface area contributed by atoms with Crippen LogP contribution in [0.5, 0.6) is 0 Å². The fraction of sp³-hybridized carbons (Fsp3) is 0.438. The first-order valence-electron chi connectivity index (χ1n) is 7.07. The molecule has 1 aliphatic heterocycles. The zero-order chi connectivity index (χ0) is 14.3. The molecule has 0 fully saturated rings. The topological polar surface area (TPSA) is 21.1 Å². The minimum Gasteiger partial charge on any atom is -0.326 e. The molecule has 0 radical (unpaired) electrons. The van der Waals surface area contributed by atoms with Gasteiger partial charge in [-0.15, -0.1) is 0 Å². The molecule has 1 aromatic carbocycles. The highest BCUT2D eigenvalue weighted by molar-refractivity contribution is 9.08. The molecular formula is C16H20BrN3. The van der Waals surface area contributed by atoms with Crippen molar-refractivity contribution in [2.24, 2.45) is 7.05 Å². The van der Waals surface area contributed by atoms with E-state index < -0.39 is 0 Å². The molecule has 0 bridgehead atoms. The summed E-state index contributed by atoms with van der Waals surface area (Å²) in [5.74, 6) is 1.23. The summed E-state index contributed by atoms with van der Waals surface area (Å²) < 4.78 is 2.01. The Morgan fingerprint density at radius 3 is 2.85 bits per heavy atom. The van der Waals surface area contributed by atoms with Crippen molar-refractivity contribution in [2.75, 3.05) is 11.4 Å². The average Bonchev–Trinajstić information content (AvgIpc) is 2.71. The van der Waals surface area contributed by atoms with Crippen molar-refractivity contribution >= 4 is 27.4 Å². The first kappa shape index (κ1) is 13.7. The van der Waals surface area contributed by atoms with Gasteiger partial charge < -0.3 is 4.90 Å². The van der Waals surface area contributed by atoms with Crippen molar-refractivity contribution in [1.29, 1.82) is 0 Å². The fourth-order valence-corrected chi connectivity index (χ4v) is 3.79. The Labute approximate surface area is 128 Å². The van der Waals surface area contributed by atoms with Crippen molar-refractivity contribution in [1.82, 2.24) is 9.78 Å². The number of hydrogen-bond donors (Lipinski definition) is 0. The van der Waals surface area contributed by atoms with Crippen LogP contribution in [0.3, 0.4) is 0 Å². The zero-order valence-corrected chi connectivity index (χ0v) is 13.9. The second-order valence-corrected chi connectivity index (χ2v) is 6.09. The highest BCUT2D eigenvalue weighted by atomic mass is 79.9. The van der Waals surface area contributed by atoms with Gasteiger partial charge in [-0.3, -0.25) is 4.68 Å². The van der Waals surface area contributed by atoms with E-state index in [2.05, 4.69) is 58.0 Å². The third-order valence-electron chi connectivity index (χ3n) is 4.06. The standard InChI is InChI=1S/C16H20BrN3/c1-11-6-7-15-13(9-11)5-4-8-20(15)16-14(10-17)12(2)18-19(16)3/h6-7,9H,4-5,8,10H2,1-3H3.